The highest BCUT2D eigenvalue weighted by atomic mass is 15.2. The molecule has 2 aliphatic rings. The van der Waals surface area contributed by atoms with E-state index in [4.69, 9.17) is 0 Å². The normalized spacial score (nSPS) is 27.0. The van der Waals surface area contributed by atoms with Crippen LogP contribution in [-0.2, 0) is 0 Å². The molecular weight excluding hydrogens is 172 g/mol. The molecule has 0 aromatic heterocycles. The Morgan fingerprint density at radius 1 is 1.36 bits per heavy atom. The van der Waals surface area contributed by atoms with Crippen LogP contribution >= 0.6 is 0 Å². The first-order chi connectivity index (χ1) is 6.68. The van der Waals surface area contributed by atoms with E-state index in [0.29, 0.717) is 5.54 Å². The quantitative estimate of drug-likeness (QED) is 0.677. The van der Waals surface area contributed by atoms with Crippen molar-refractivity contribution in [2.24, 2.45) is 0 Å². The van der Waals surface area contributed by atoms with Gasteiger partial charge >= 0.3 is 0 Å². The minimum Gasteiger partial charge on any atom is -0.314 e. The summed E-state index contributed by atoms with van der Waals surface area (Å²) >= 11 is 0. The van der Waals surface area contributed by atoms with Crippen molar-refractivity contribution in [1.82, 2.24) is 10.2 Å². The summed E-state index contributed by atoms with van der Waals surface area (Å²) in [5, 5.41) is 3.58. The Balaban J connectivity index is 1.59. The molecule has 2 nitrogen and oxygen atoms in total. The summed E-state index contributed by atoms with van der Waals surface area (Å²) < 4.78 is 0. The molecule has 2 fully saturated rings. The first-order valence-electron chi connectivity index (χ1n) is 6.17. The number of rotatable bonds is 5. The highest BCUT2D eigenvalue weighted by molar-refractivity contribution is 4.88. The molecule has 2 rings (SSSR count). The first kappa shape index (κ1) is 10.4. The van der Waals surface area contributed by atoms with Crippen molar-refractivity contribution in [2.45, 2.75) is 57.5 Å². The van der Waals surface area contributed by atoms with Crippen LogP contribution in [-0.4, -0.2) is 36.1 Å². The largest absolute Gasteiger partial charge is 0.314 e. The van der Waals surface area contributed by atoms with Crippen LogP contribution in [0.25, 0.3) is 0 Å². The number of likely N-dealkylation sites (tertiary alicyclic amines) is 1. The van der Waals surface area contributed by atoms with Gasteiger partial charge in [-0.15, -0.1) is 0 Å². The van der Waals surface area contributed by atoms with Crippen molar-refractivity contribution in [3.8, 4) is 0 Å². The first-order valence-corrected chi connectivity index (χ1v) is 6.17. The smallest absolute Gasteiger partial charge is 0.0153 e. The zero-order chi connectivity index (χ0) is 10.0. The topological polar surface area (TPSA) is 15.3 Å². The third-order valence-corrected chi connectivity index (χ3v) is 3.69. The van der Waals surface area contributed by atoms with E-state index in [9.17, 15) is 0 Å². The second kappa shape index (κ2) is 4.19. The minimum atomic E-state index is 0.472. The molecule has 1 aliphatic heterocycles. The van der Waals surface area contributed by atoms with Crippen LogP contribution in [0.15, 0.2) is 0 Å². The van der Waals surface area contributed by atoms with Crippen molar-refractivity contribution >= 4 is 0 Å². The van der Waals surface area contributed by atoms with E-state index in [1.54, 1.807) is 0 Å². The zero-order valence-electron chi connectivity index (χ0n) is 9.68. The number of hydrogen-bond donors (Lipinski definition) is 1. The van der Waals surface area contributed by atoms with E-state index in [1.807, 2.05) is 0 Å². The summed E-state index contributed by atoms with van der Waals surface area (Å²) in [6.45, 7) is 8.59. The summed E-state index contributed by atoms with van der Waals surface area (Å²) in [5.41, 5.74) is 0.472. The van der Waals surface area contributed by atoms with Crippen molar-refractivity contribution in [1.29, 1.82) is 0 Å². The van der Waals surface area contributed by atoms with Crippen molar-refractivity contribution in [3.63, 3.8) is 0 Å². The molecule has 0 spiro atoms. The Labute approximate surface area is 88.1 Å². The lowest BCUT2D eigenvalue weighted by Gasteiger charge is -2.31. The molecular formula is C12H24N2. The van der Waals surface area contributed by atoms with Gasteiger partial charge in [0.05, 0.1) is 0 Å². The number of hydrogen-bond acceptors (Lipinski definition) is 2. The van der Waals surface area contributed by atoms with Crippen LogP contribution in [0.5, 0.6) is 0 Å². The maximum atomic E-state index is 3.58. The minimum absolute atomic E-state index is 0.472. The Morgan fingerprint density at radius 3 is 2.71 bits per heavy atom. The van der Waals surface area contributed by atoms with Gasteiger partial charge in [-0.05, 0) is 65.6 Å². The van der Waals surface area contributed by atoms with Gasteiger partial charge in [0, 0.05) is 11.6 Å². The van der Waals surface area contributed by atoms with E-state index in [2.05, 4.69) is 24.1 Å². The van der Waals surface area contributed by atoms with E-state index >= 15 is 0 Å². The molecule has 1 N–H and O–H groups in total. The molecule has 0 radical (unpaired) electrons. The standard InChI is InChI=1S/C12H24N2/c1-12(2)7-3-9-14(12)10-4-8-13-11-5-6-11/h11,13H,3-10H2,1-2H3. The summed E-state index contributed by atoms with van der Waals surface area (Å²) in [4.78, 5) is 2.65. The molecule has 82 valence electrons. The molecule has 14 heavy (non-hydrogen) atoms. The van der Waals surface area contributed by atoms with E-state index < -0.39 is 0 Å². The van der Waals surface area contributed by atoms with Crippen molar-refractivity contribution < 1.29 is 0 Å². The average Bonchev–Trinajstić information content (AvgIpc) is 2.87. The monoisotopic (exact) mass is 196 g/mol. The van der Waals surface area contributed by atoms with Crippen LogP contribution < -0.4 is 5.32 Å². The van der Waals surface area contributed by atoms with Crippen LogP contribution in [0, 0.1) is 0 Å². The van der Waals surface area contributed by atoms with Crippen LogP contribution in [0.3, 0.4) is 0 Å². The second-order valence-electron chi connectivity index (χ2n) is 5.48. The van der Waals surface area contributed by atoms with Gasteiger partial charge < -0.3 is 5.32 Å². The molecule has 1 heterocycles. The van der Waals surface area contributed by atoms with E-state index in [-0.39, 0.29) is 0 Å². The van der Waals surface area contributed by atoms with Crippen LogP contribution in [0.2, 0.25) is 0 Å². The lowest BCUT2D eigenvalue weighted by atomic mass is 10.0. The molecule has 0 unspecified atom stereocenters. The molecule has 0 amide bonds. The van der Waals surface area contributed by atoms with Crippen LogP contribution in [0.4, 0.5) is 0 Å². The second-order valence-corrected chi connectivity index (χ2v) is 5.48. The summed E-state index contributed by atoms with van der Waals surface area (Å²) in [7, 11) is 0. The molecule has 2 heteroatoms. The SMILES string of the molecule is CC1(C)CCCN1CCCNC1CC1. The Morgan fingerprint density at radius 2 is 2.14 bits per heavy atom. The summed E-state index contributed by atoms with van der Waals surface area (Å²) in [6.07, 6.45) is 6.91. The van der Waals surface area contributed by atoms with Gasteiger partial charge in [-0.1, -0.05) is 0 Å². The lowest BCUT2D eigenvalue weighted by Crippen LogP contribution is -2.39. The fourth-order valence-electron chi connectivity index (χ4n) is 2.44. The highest BCUT2D eigenvalue weighted by Gasteiger charge is 2.31. The van der Waals surface area contributed by atoms with Crippen molar-refractivity contribution in [3.05, 3.63) is 0 Å². The van der Waals surface area contributed by atoms with Gasteiger partial charge in [0.15, 0.2) is 0 Å². The summed E-state index contributed by atoms with van der Waals surface area (Å²) in [5.74, 6) is 0. The molecule has 0 aromatic carbocycles. The molecule has 0 aromatic rings. The Kier molecular flexibility index (Phi) is 3.13. The molecule has 0 atom stereocenters. The van der Waals surface area contributed by atoms with Gasteiger partial charge in [0.1, 0.15) is 0 Å². The fourth-order valence-corrected chi connectivity index (χ4v) is 2.44. The maximum absolute atomic E-state index is 3.58. The number of nitrogens with zero attached hydrogens (tertiary/aromatic N) is 1. The van der Waals surface area contributed by atoms with Crippen LogP contribution in [0.1, 0.15) is 46.0 Å². The zero-order valence-corrected chi connectivity index (χ0v) is 9.68. The lowest BCUT2D eigenvalue weighted by molar-refractivity contribution is 0.173. The van der Waals surface area contributed by atoms with Gasteiger partial charge in [-0.25, -0.2) is 0 Å². The third kappa shape index (κ3) is 2.71. The Hall–Kier alpha value is -0.0800. The predicted molar refractivity (Wildman–Crippen MR) is 60.5 cm³/mol. The van der Waals surface area contributed by atoms with Gasteiger partial charge in [-0.3, -0.25) is 4.90 Å². The third-order valence-electron chi connectivity index (χ3n) is 3.69. The molecule has 1 saturated carbocycles. The van der Waals surface area contributed by atoms with Crippen molar-refractivity contribution in [2.75, 3.05) is 19.6 Å². The fraction of sp³-hybridized carbons (Fsp3) is 1.00. The van der Waals surface area contributed by atoms with E-state index in [0.717, 1.165) is 6.04 Å². The molecule has 1 saturated heterocycles. The molecule has 0 bridgehead atoms. The van der Waals surface area contributed by atoms with Gasteiger partial charge in [-0.2, -0.15) is 0 Å². The molecule has 1 aliphatic carbocycles. The van der Waals surface area contributed by atoms with E-state index in [1.165, 1.54) is 51.7 Å². The average molecular weight is 196 g/mol. The highest BCUT2D eigenvalue weighted by Crippen LogP contribution is 2.27. The maximum Gasteiger partial charge on any atom is 0.0153 e. The van der Waals surface area contributed by atoms with Gasteiger partial charge in [0.2, 0.25) is 0 Å². The Bertz CT molecular complexity index is 185. The number of nitrogens with one attached hydrogen (secondary N) is 1. The predicted octanol–water partition coefficient (Wildman–Crippen LogP) is 2.00. The summed E-state index contributed by atoms with van der Waals surface area (Å²) in [6, 6.07) is 0.876. The van der Waals surface area contributed by atoms with Gasteiger partial charge in [0.25, 0.3) is 0 Å².